The van der Waals surface area contributed by atoms with Crippen LogP contribution in [0.1, 0.15) is 110 Å². The van der Waals surface area contributed by atoms with E-state index in [9.17, 15) is 8.42 Å². The Balaban J connectivity index is 0. The molecular weight excluding hydrogens is 326 g/mol. The van der Waals surface area contributed by atoms with E-state index in [0.717, 1.165) is 38.5 Å². The predicted octanol–water partition coefficient (Wildman–Crippen LogP) is 6.23. The smallest absolute Gasteiger partial charge is 0.344 e. The van der Waals surface area contributed by atoms with Crippen molar-refractivity contribution in [1.82, 2.24) is 6.15 Å². The minimum Gasteiger partial charge on any atom is -0.344 e. The lowest BCUT2D eigenvalue weighted by Crippen LogP contribution is -2.18. The number of hydrogen-bond donors (Lipinski definition) is 2. The van der Waals surface area contributed by atoms with E-state index in [1.807, 2.05) is 0 Å². The highest BCUT2D eigenvalue weighted by atomic mass is 32.3. The average molecular weight is 368 g/mol. The van der Waals surface area contributed by atoms with E-state index in [1.54, 1.807) is 0 Å². The normalized spacial score (nSPS) is 12.8. The van der Waals surface area contributed by atoms with E-state index in [1.165, 1.54) is 57.8 Å². The molecule has 0 bridgehead atoms. The molecular formula is C18H41NO4S. The molecule has 0 fully saturated rings. The molecule has 0 aliphatic heterocycles. The fraction of sp³-hybridized carbons (Fsp3) is 1.00. The zero-order valence-electron chi connectivity index (χ0n) is 16.0. The van der Waals surface area contributed by atoms with Crippen molar-refractivity contribution in [3.8, 4) is 0 Å². The number of unbranched alkanes of at least 4 members (excludes halogenated alkanes) is 11. The van der Waals surface area contributed by atoms with Gasteiger partial charge in [-0.3, -0.25) is 4.55 Å². The van der Waals surface area contributed by atoms with Crippen LogP contribution in [-0.4, -0.2) is 19.1 Å². The summed E-state index contributed by atoms with van der Waals surface area (Å²) in [6.07, 6.45) is 16.5. The van der Waals surface area contributed by atoms with Crippen molar-refractivity contribution >= 4 is 10.4 Å². The summed E-state index contributed by atoms with van der Waals surface area (Å²) in [6.45, 7) is 4.40. The third-order valence-corrected chi connectivity index (χ3v) is 4.78. The van der Waals surface area contributed by atoms with Crippen LogP contribution in [0.25, 0.3) is 0 Å². The summed E-state index contributed by atoms with van der Waals surface area (Å²) in [6, 6.07) is 0. The van der Waals surface area contributed by atoms with Gasteiger partial charge in [-0.2, -0.15) is 8.42 Å². The number of hydrogen-bond acceptors (Lipinski definition) is 4. The Morgan fingerprint density at radius 3 is 1.38 bits per heavy atom. The van der Waals surface area contributed by atoms with Gasteiger partial charge in [-0.25, -0.2) is 4.18 Å². The summed E-state index contributed by atoms with van der Waals surface area (Å²) in [5, 5.41) is 0. The first kappa shape index (κ1) is 26.1. The van der Waals surface area contributed by atoms with Crippen LogP contribution in [0.15, 0.2) is 0 Å². The zero-order chi connectivity index (χ0) is 17.4. The first-order chi connectivity index (χ1) is 11.0. The van der Waals surface area contributed by atoms with E-state index >= 15 is 0 Å². The molecule has 24 heavy (non-hydrogen) atoms. The van der Waals surface area contributed by atoms with Crippen LogP contribution in [0.4, 0.5) is 0 Å². The maximum Gasteiger partial charge on any atom is 0.397 e. The Hall–Kier alpha value is -0.170. The molecule has 0 amide bonds. The average Bonchev–Trinajstić information content (AvgIpc) is 2.48. The topological polar surface area (TPSA) is 98.6 Å². The maximum atomic E-state index is 11.0. The summed E-state index contributed by atoms with van der Waals surface area (Å²) in [4.78, 5) is 0. The Kier molecular flexibility index (Phi) is 19.2. The second-order valence-electron chi connectivity index (χ2n) is 6.61. The van der Waals surface area contributed by atoms with Gasteiger partial charge in [-0.05, 0) is 12.8 Å². The van der Waals surface area contributed by atoms with Gasteiger partial charge >= 0.3 is 10.4 Å². The van der Waals surface area contributed by atoms with Crippen LogP contribution in [0.3, 0.4) is 0 Å². The van der Waals surface area contributed by atoms with Crippen molar-refractivity contribution in [3.63, 3.8) is 0 Å². The largest absolute Gasteiger partial charge is 0.397 e. The molecule has 1 unspecified atom stereocenters. The maximum absolute atomic E-state index is 11.0. The first-order valence-electron chi connectivity index (χ1n) is 9.65. The van der Waals surface area contributed by atoms with Gasteiger partial charge in [0.25, 0.3) is 0 Å². The molecule has 6 heteroatoms. The molecule has 0 saturated carbocycles. The monoisotopic (exact) mass is 367 g/mol. The lowest BCUT2D eigenvalue weighted by Gasteiger charge is -2.15. The highest BCUT2D eigenvalue weighted by Gasteiger charge is 2.16. The third kappa shape index (κ3) is 19.9. The highest BCUT2D eigenvalue weighted by Crippen LogP contribution is 2.18. The van der Waals surface area contributed by atoms with Gasteiger partial charge in [-0.15, -0.1) is 0 Å². The van der Waals surface area contributed by atoms with Gasteiger partial charge in [0.2, 0.25) is 0 Å². The fourth-order valence-electron chi connectivity index (χ4n) is 2.89. The molecule has 0 radical (unpaired) electrons. The van der Waals surface area contributed by atoms with E-state index < -0.39 is 10.4 Å². The Bertz CT molecular complexity index is 347. The summed E-state index contributed by atoms with van der Waals surface area (Å²) in [7, 11) is -4.33. The van der Waals surface area contributed by atoms with Crippen LogP contribution in [0, 0.1) is 0 Å². The van der Waals surface area contributed by atoms with Gasteiger partial charge in [-0.1, -0.05) is 97.3 Å². The van der Waals surface area contributed by atoms with Crippen LogP contribution < -0.4 is 6.15 Å². The van der Waals surface area contributed by atoms with Crippen LogP contribution >= 0.6 is 0 Å². The molecule has 0 aromatic heterocycles. The van der Waals surface area contributed by atoms with Gasteiger partial charge < -0.3 is 6.15 Å². The standard InChI is InChI=1S/C18H38O4S.H3N/c1-3-5-7-9-11-13-15-17-18(22-23(19,20)21)16-14-12-10-8-6-4-2;/h18H,3-17H2,1-2H3,(H,19,20,21);1H3. The SMILES string of the molecule is CCCCCCCCCC(CCCCCCCC)OS(=O)(=O)O.N. The summed E-state index contributed by atoms with van der Waals surface area (Å²) in [5.41, 5.74) is 0. The molecule has 0 saturated heterocycles. The van der Waals surface area contributed by atoms with Crippen LogP contribution in [0.2, 0.25) is 0 Å². The van der Waals surface area contributed by atoms with Gasteiger partial charge in [0.15, 0.2) is 0 Å². The zero-order valence-corrected chi connectivity index (χ0v) is 16.8. The molecule has 0 aromatic rings. The lowest BCUT2D eigenvalue weighted by molar-refractivity contribution is 0.157. The predicted molar refractivity (Wildman–Crippen MR) is 102 cm³/mol. The van der Waals surface area contributed by atoms with Crippen molar-refractivity contribution in [2.45, 2.75) is 116 Å². The molecule has 0 aliphatic rings. The molecule has 0 rings (SSSR count). The second-order valence-corrected chi connectivity index (χ2v) is 7.66. The second kappa shape index (κ2) is 17.6. The molecule has 5 nitrogen and oxygen atoms in total. The van der Waals surface area contributed by atoms with E-state index in [-0.39, 0.29) is 12.3 Å². The number of rotatable bonds is 17. The minimum absolute atomic E-state index is 0. The molecule has 4 N–H and O–H groups in total. The van der Waals surface area contributed by atoms with Crippen molar-refractivity contribution in [1.29, 1.82) is 0 Å². The Morgan fingerprint density at radius 1 is 0.708 bits per heavy atom. The van der Waals surface area contributed by atoms with E-state index in [4.69, 9.17) is 8.74 Å². The van der Waals surface area contributed by atoms with Crippen molar-refractivity contribution in [3.05, 3.63) is 0 Å². The molecule has 148 valence electrons. The van der Waals surface area contributed by atoms with Gasteiger partial charge in [0.05, 0.1) is 6.10 Å². The molecule has 0 spiro atoms. The van der Waals surface area contributed by atoms with E-state index in [2.05, 4.69) is 13.8 Å². The third-order valence-electron chi connectivity index (χ3n) is 4.27. The highest BCUT2D eigenvalue weighted by molar-refractivity contribution is 7.80. The van der Waals surface area contributed by atoms with Crippen LogP contribution in [0.5, 0.6) is 0 Å². The fourth-order valence-corrected chi connectivity index (χ4v) is 3.43. The van der Waals surface area contributed by atoms with Gasteiger partial charge in [0, 0.05) is 0 Å². The van der Waals surface area contributed by atoms with E-state index in [0.29, 0.717) is 0 Å². The Morgan fingerprint density at radius 2 is 1.04 bits per heavy atom. The summed E-state index contributed by atoms with van der Waals surface area (Å²) in [5.74, 6) is 0. The molecule has 1 atom stereocenters. The quantitative estimate of drug-likeness (QED) is 0.234. The minimum atomic E-state index is -4.33. The summed E-state index contributed by atoms with van der Waals surface area (Å²) >= 11 is 0. The van der Waals surface area contributed by atoms with Crippen molar-refractivity contribution in [2.24, 2.45) is 0 Å². The van der Waals surface area contributed by atoms with Crippen molar-refractivity contribution in [2.75, 3.05) is 0 Å². The Labute approximate surface area is 150 Å². The van der Waals surface area contributed by atoms with Crippen LogP contribution in [-0.2, 0) is 14.6 Å². The molecule has 0 aromatic carbocycles. The molecule has 0 heterocycles. The van der Waals surface area contributed by atoms with Gasteiger partial charge in [0.1, 0.15) is 0 Å². The lowest BCUT2D eigenvalue weighted by atomic mass is 10.0. The molecule has 0 aliphatic carbocycles. The first-order valence-corrected chi connectivity index (χ1v) is 11.0. The van der Waals surface area contributed by atoms with Crippen molar-refractivity contribution < 1.29 is 17.2 Å². The summed E-state index contributed by atoms with van der Waals surface area (Å²) < 4.78 is 35.7.